The van der Waals surface area contributed by atoms with Crippen LogP contribution < -0.4 is 0 Å². The second-order valence-electron chi connectivity index (χ2n) is 4.13. The standard InChI is InChI=1S/C13H18ClNS/c1-2-15(8-7-14)9-11-10-16-13-6-4-3-5-12(11)13/h3-6,11H,2,7-10H2,1H3. The molecule has 1 aliphatic heterocycles. The topological polar surface area (TPSA) is 3.24 Å². The summed E-state index contributed by atoms with van der Waals surface area (Å²) in [5.74, 6) is 2.64. The van der Waals surface area contributed by atoms with Crippen molar-refractivity contribution in [2.75, 3.05) is 31.3 Å². The molecule has 2 rings (SSSR count). The van der Waals surface area contributed by atoms with Crippen molar-refractivity contribution in [3.8, 4) is 0 Å². The lowest BCUT2D eigenvalue weighted by atomic mass is 10.0. The lowest BCUT2D eigenvalue weighted by molar-refractivity contribution is 0.292. The largest absolute Gasteiger partial charge is 0.302 e. The van der Waals surface area contributed by atoms with Gasteiger partial charge in [-0.1, -0.05) is 25.1 Å². The number of thioether (sulfide) groups is 1. The van der Waals surface area contributed by atoms with E-state index < -0.39 is 0 Å². The molecule has 88 valence electrons. The molecule has 1 atom stereocenters. The molecule has 16 heavy (non-hydrogen) atoms. The summed E-state index contributed by atoms with van der Waals surface area (Å²) in [6.07, 6.45) is 0. The third-order valence-electron chi connectivity index (χ3n) is 3.13. The fourth-order valence-electron chi connectivity index (χ4n) is 2.19. The van der Waals surface area contributed by atoms with E-state index in [4.69, 9.17) is 11.6 Å². The zero-order valence-electron chi connectivity index (χ0n) is 9.66. The van der Waals surface area contributed by atoms with Gasteiger partial charge in [0, 0.05) is 35.5 Å². The van der Waals surface area contributed by atoms with Gasteiger partial charge in [0.05, 0.1) is 0 Å². The van der Waals surface area contributed by atoms with Crippen molar-refractivity contribution in [3.63, 3.8) is 0 Å². The van der Waals surface area contributed by atoms with Gasteiger partial charge in [0.1, 0.15) is 0 Å². The SMILES string of the molecule is CCN(CCCl)CC1CSc2ccccc21. The molecular formula is C13H18ClNS. The van der Waals surface area contributed by atoms with Crippen molar-refractivity contribution in [2.24, 2.45) is 0 Å². The molecule has 0 saturated carbocycles. The third kappa shape index (κ3) is 2.73. The van der Waals surface area contributed by atoms with Crippen LogP contribution in [0.25, 0.3) is 0 Å². The van der Waals surface area contributed by atoms with Gasteiger partial charge in [-0.2, -0.15) is 0 Å². The van der Waals surface area contributed by atoms with Crippen LogP contribution in [0, 0.1) is 0 Å². The number of fused-ring (bicyclic) bond motifs is 1. The van der Waals surface area contributed by atoms with Crippen molar-refractivity contribution in [1.29, 1.82) is 0 Å². The number of benzene rings is 1. The van der Waals surface area contributed by atoms with E-state index in [1.54, 1.807) is 0 Å². The van der Waals surface area contributed by atoms with Crippen LogP contribution in [0.4, 0.5) is 0 Å². The maximum atomic E-state index is 5.81. The van der Waals surface area contributed by atoms with Gasteiger partial charge < -0.3 is 4.90 Å². The molecule has 1 aromatic carbocycles. The first kappa shape index (κ1) is 12.3. The predicted molar refractivity (Wildman–Crippen MR) is 72.7 cm³/mol. The van der Waals surface area contributed by atoms with Crippen LogP contribution in [0.1, 0.15) is 18.4 Å². The van der Waals surface area contributed by atoms with Crippen LogP contribution in [0.5, 0.6) is 0 Å². The Morgan fingerprint density at radius 3 is 3.00 bits per heavy atom. The van der Waals surface area contributed by atoms with Gasteiger partial charge >= 0.3 is 0 Å². The summed E-state index contributed by atoms with van der Waals surface area (Å²) in [6, 6.07) is 8.78. The molecule has 0 fully saturated rings. The van der Waals surface area contributed by atoms with Crippen LogP contribution in [0.3, 0.4) is 0 Å². The van der Waals surface area contributed by atoms with Crippen molar-refractivity contribution in [3.05, 3.63) is 29.8 Å². The Morgan fingerprint density at radius 2 is 2.25 bits per heavy atom. The molecule has 1 heterocycles. The van der Waals surface area contributed by atoms with Gasteiger partial charge in [0.2, 0.25) is 0 Å². The van der Waals surface area contributed by atoms with E-state index in [-0.39, 0.29) is 0 Å². The van der Waals surface area contributed by atoms with Crippen LogP contribution >= 0.6 is 23.4 Å². The van der Waals surface area contributed by atoms with Gasteiger partial charge in [0.25, 0.3) is 0 Å². The molecule has 0 aromatic heterocycles. The average molecular weight is 256 g/mol. The second kappa shape index (κ2) is 5.95. The van der Waals surface area contributed by atoms with Crippen LogP contribution in [0.2, 0.25) is 0 Å². The van der Waals surface area contributed by atoms with Crippen LogP contribution in [-0.2, 0) is 0 Å². The monoisotopic (exact) mass is 255 g/mol. The number of nitrogens with zero attached hydrogens (tertiary/aromatic N) is 1. The quantitative estimate of drug-likeness (QED) is 0.742. The molecule has 0 bridgehead atoms. The number of rotatable bonds is 5. The molecule has 1 nitrogen and oxygen atoms in total. The Morgan fingerprint density at radius 1 is 1.44 bits per heavy atom. The Bertz CT molecular complexity index is 342. The summed E-state index contributed by atoms with van der Waals surface area (Å²) in [7, 11) is 0. The lowest BCUT2D eigenvalue weighted by Crippen LogP contribution is -2.30. The molecular weight excluding hydrogens is 238 g/mol. The van der Waals surface area contributed by atoms with E-state index in [9.17, 15) is 0 Å². The minimum absolute atomic E-state index is 0.685. The van der Waals surface area contributed by atoms with Gasteiger partial charge in [-0.05, 0) is 18.2 Å². The van der Waals surface area contributed by atoms with E-state index in [0.29, 0.717) is 5.92 Å². The van der Waals surface area contributed by atoms with Gasteiger partial charge in [-0.3, -0.25) is 0 Å². The Labute approximate surface area is 107 Å². The summed E-state index contributed by atoms with van der Waals surface area (Å²) in [5.41, 5.74) is 1.53. The number of halogens is 1. The highest BCUT2D eigenvalue weighted by Gasteiger charge is 2.23. The summed E-state index contributed by atoms with van der Waals surface area (Å²) in [5, 5.41) is 0. The summed E-state index contributed by atoms with van der Waals surface area (Å²) >= 11 is 7.80. The summed E-state index contributed by atoms with van der Waals surface area (Å²) in [6.45, 7) is 5.45. The van der Waals surface area contributed by atoms with Crippen molar-refractivity contribution >= 4 is 23.4 Å². The fraction of sp³-hybridized carbons (Fsp3) is 0.538. The van der Waals surface area contributed by atoms with Crippen molar-refractivity contribution in [2.45, 2.75) is 17.7 Å². The molecule has 0 N–H and O–H groups in total. The molecule has 0 spiro atoms. The maximum Gasteiger partial charge on any atom is 0.0351 e. The molecule has 0 amide bonds. The van der Waals surface area contributed by atoms with Crippen LogP contribution in [0.15, 0.2) is 29.2 Å². The minimum Gasteiger partial charge on any atom is -0.302 e. The first-order valence-electron chi connectivity index (χ1n) is 5.85. The fourth-order valence-corrected chi connectivity index (χ4v) is 3.67. The van der Waals surface area contributed by atoms with E-state index >= 15 is 0 Å². The Balaban J connectivity index is 2.02. The molecule has 0 saturated heterocycles. The molecule has 1 unspecified atom stereocenters. The van der Waals surface area contributed by atoms with Gasteiger partial charge in [0.15, 0.2) is 0 Å². The van der Waals surface area contributed by atoms with Gasteiger partial charge in [-0.15, -0.1) is 23.4 Å². The minimum atomic E-state index is 0.685. The van der Waals surface area contributed by atoms with E-state index in [1.165, 1.54) is 16.2 Å². The second-order valence-corrected chi connectivity index (χ2v) is 5.57. The van der Waals surface area contributed by atoms with E-state index in [0.717, 1.165) is 25.5 Å². The maximum absolute atomic E-state index is 5.81. The first-order valence-corrected chi connectivity index (χ1v) is 7.37. The number of alkyl halides is 1. The molecule has 1 aromatic rings. The van der Waals surface area contributed by atoms with E-state index in [1.807, 2.05) is 11.8 Å². The van der Waals surface area contributed by atoms with Crippen molar-refractivity contribution < 1.29 is 0 Å². The zero-order chi connectivity index (χ0) is 11.4. The number of hydrogen-bond acceptors (Lipinski definition) is 2. The number of likely N-dealkylation sites (N-methyl/N-ethyl adjacent to an activating group) is 1. The lowest BCUT2D eigenvalue weighted by Gasteiger charge is -2.23. The average Bonchev–Trinajstić information content (AvgIpc) is 2.72. The van der Waals surface area contributed by atoms with Gasteiger partial charge in [-0.25, -0.2) is 0 Å². The summed E-state index contributed by atoms with van der Waals surface area (Å²) in [4.78, 5) is 3.91. The highest BCUT2D eigenvalue weighted by Crippen LogP contribution is 2.39. The Kier molecular flexibility index (Phi) is 4.56. The molecule has 0 radical (unpaired) electrons. The molecule has 3 heteroatoms. The predicted octanol–water partition coefficient (Wildman–Crippen LogP) is 3.44. The molecule has 1 aliphatic rings. The van der Waals surface area contributed by atoms with Crippen LogP contribution in [-0.4, -0.2) is 36.2 Å². The summed E-state index contributed by atoms with van der Waals surface area (Å²) < 4.78 is 0. The van der Waals surface area contributed by atoms with E-state index in [2.05, 4.69) is 36.1 Å². The highest BCUT2D eigenvalue weighted by atomic mass is 35.5. The smallest absolute Gasteiger partial charge is 0.0351 e. The van der Waals surface area contributed by atoms with Crippen molar-refractivity contribution in [1.82, 2.24) is 4.90 Å². The highest BCUT2D eigenvalue weighted by molar-refractivity contribution is 7.99. The molecule has 0 aliphatic carbocycles. The zero-order valence-corrected chi connectivity index (χ0v) is 11.2. The number of hydrogen-bond donors (Lipinski definition) is 0. The first-order chi connectivity index (χ1) is 7.85. The Hall–Kier alpha value is -0.180. The third-order valence-corrected chi connectivity index (χ3v) is 4.55. The normalized spacial score (nSPS) is 19.1.